The Kier molecular flexibility index (Phi) is 8.91. The molecule has 38 heavy (non-hydrogen) atoms. The maximum atomic E-state index is 11.7. The quantitative estimate of drug-likeness (QED) is 0.258. The lowest BCUT2D eigenvalue weighted by Gasteiger charge is -2.35. The highest BCUT2D eigenvalue weighted by molar-refractivity contribution is 5.66. The van der Waals surface area contributed by atoms with Crippen molar-refractivity contribution >= 4 is 5.97 Å². The SMILES string of the molecule is COc1cc(CC[C@H]2C[C@H](OC(C)=O)C[C@@H](c3cc(O)c(O)c(OCCc4cccnc4)c3)O2)ccc1O. The number of aromatic hydroxyl groups is 3. The number of esters is 1. The molecule has 3 N–H and O–H groups in total. The smallest absolute Gasteiger partial charge is 0.302 e. The minimum atomic E-state index is -0.486. The average Bonchev–Trinajstić information content (AvgIpc) is 2.90. The molecule has 3 atom stereocenters. The van der Waals surface area contributed by atoms with Crippen LogP contribution in [0.5, 0.6) is 28.7 Å². The van der Waals surface area contributed by atoms with Crippen LogP contribution in [0.3, 0.4) is 0 Å². The molecule has 1 aliphatic heterocycles. The number of phenols is 3. The highest BCUT2D eigenvalue weighted by atomic mass is 16.6. The summed E-state index contributed by atoms with van der Waals surface area (Å²) in [6.45, 7) is 1.66. The lowest BCUT2D eigenvalue weighted by Crippen LogP contribution is -2.34. The number of aromatic nitrogens is 1. The molecule has 3 aromatic rings. The highest BCUT2D eigenvalue weighted by Gasteiger charge is 2.33. The van der Waals surface area contributed by atoms with Gasteiger partial charge in [0, 0.05) is 38.6 Å². The van der Waals surface area contributed by atoms with Gasteiger partial charge in [-0.3, -0.25) is 9.78 Å². The van der Waals surface area contributed by atoms with Crippen LogP contribution in [0, 0.1) is 0 Å². The van der Waals surface area contributed by atoms with Crippen LogP contribution >= 0.6 is 0 Å². The number of ether oxygens (including phenoxy) is 4. The van der Waals surface area contributed by atoms with E-state index in [4.69, 9.17) is 18.9 Å². The summed E-state index contributed by atoms with van der Waals surface area (Å²) in [6.07, 6.45) is 5.17. The van der Waals surface area contributed by atoms with Gasteiger partial charge in [-0.1, -0.05) is 12.1 Å². The Morgan fingerprint density at radius 2 is 1.87 bits per heavy atom. The Bertz CT molecular complexity index is 1230. The van der Waals surface area contributed by atoms with E-state index in [0.29, 0.717) is 43.4 Å². The van der Waals surface area contributed by atoms with Gasteiger partial charge >= 0.3 is 5.97 Å². The summed E-state index contributed by atoms with van der Waals surface area (Å²) >= 11 is 0. The Morgan fingerprint density at radius 3 is 2.61 bits per heavy atom. The molecule has 9 nitrogen and oxygen atoms in total. The van der Waals surface area contributed by atoms with Gasteiger partial charge in [0.05, 0.1) is 25.9 Å². The number of phenolic OH excluding ortho intramolecular Hbond substituents is 3. The van der Waals surface area contributed by atoms with Crippen LogP contribution in [0.2, 0.25) is 0 Å². The van der Waals surface area contributed by atoms with Crippen molar-refractivity contribution in [1.29, 1.82) is 0 Å². The van der Waals surface area contributed by atoms with Crippen molar-refractivity contribution in [3.8, 4) is 28.7 Å². The predicted molar refractivity (Wildman–Crippen MR) is 139 cm³/mol. The Labute approximate surface area is 221 Å². The van der Waals surface area contributed by atoms with Crippen molar-refractivity contribution in [3.63, 3.8) is 0 Å². The first kappa shape index (κ1) is 27.1. The second kappa shape index (κ2) is 12.5. The van der Waals surface area contributed by atoms with Crippen LogP contribution in [0.25, 0.3) is 0 Å². The third-order valence-electron chi connectivity index (χ3n) is 6.51. The van der Waals surface area contributed by atoms with Crippen molar-refractivity contribution in [1.82, 2.24) is 4.98 Å². The van der Waals surface area contributed by atoms with Gasteiger partial charge in [-0.2, -0.15) is 0 Å². The van der Waals surface area contributed by atoms with Crippen LogP contribution in [0.4, 0.5) is 0 Å². The minimum absolute atomic E-state index is 0.0748. The van der Waals surface area contributed by atoms with E-state index in [1.54, 1.807) is 30.6 Å². The van der Waals surface area contributed by atoms with Gasteiger partial charge in [0.1, 0.15) is 6.10 Å². The van der Waals surface area contributed by atoms with E-state index in [1.807, 2.05) is 18.2 Å². The van der Waals surface area contributed by atoms with Crippen molar-refractivity contribution in [3.05, 3.63) is 71.5 Å². The van der Waals surface area contributed by atoms with Crippen LogP contribution in [-0.4, -0.2) is 52.2 Å². The standard InChI is InChI=1S/C29H33NO8/c1-18(31)37-23-15-22(7-5-19-6-8-24(32)27(12-19)35-2)38-26(16-23)21-13-25(33)29(34)28(14-21)36-11-9-20-4-3-10-30-17-20/h3-4,6,8,10,12-14,17,22-23,26,32-34H,5,7,9,11,15-16H2,1-2H3/t22-,23-,26-/m0/s1. The summed E-state index contributed by atoms with van der Waals surface area (Å²) in [5.74, 6) is -0.403. The topological polar surface area (TPSA) is 128 Å². The van der Waals surface area contributed by atoms with Crippen LogP contribution in [0.15, 0.2) is 54.9 Å². The number of nitrogens with zero attached hydrogens (tertiary/aromatic N) is 1. The molecule has 1 aliphatic rings. The summed E-state index contributed by atoms with van der Waals surface area (Å²) in [7, 11) is 1.50. The highest BCUT2D eigenvalue weighted by Crippen LogP contribution is 2.42. The lowest BCUT2D eigenvalue weighted by atomic mass is 9.92. The number of benzene rings is 2. The molecule has 0 saturated carbocycles. The van der Waals surface area contributed by atoms with Crippen LogP contribution in [0.1, 0.15) is 49.0 Å². The van der Waals surface area contributed by atoms with Gasteiger partial charge in [-0.05, 0) is 59.9 Å². The van der Waals surface area contributed by atoms with Crippen LogP contribution in [-0.2, 0) is 27.1 Å². The molecular weight excluding hydrogens is 490 g/mol. The average molecular weight is 524 g/mol. The molecule has 0 radical (unpaired) electrons. The Balaban J connectivity index is 1.48. The van der Waals surface area contributed by atoms with Gasteiger partial charge in [0.15, 0.2) is 23.0 Å². The summed E-state index contributed by atoms with van der Waals surface area (Å²) in [6, 6.07) is 12.1. The number of aryl methyl sites for hydroxylation is 1. The number of methoxy groups -OCH3 is 1. The van der Waals surface area contributed by atoms with Crippen molar-refractivity contribution in [2.75, 3.05) is 13.7 Å². The maximum Gasteiger partial charge on any atom is 0.302 e. The number of hydrogen-bond donors (Lipinski definition) is 3. The molecule has 0 unspecified atom stereocenters. The molecule has 202 valence electrons. The predicted octanol–water partition coefficient (Wildman–Crippen LogP) is 4.61. The summed E-state index contributed by atoms with van der Waals surface area (Å²) in [5.41, 5.74) is 2.58. The Hall–Kier alpha value is -3.98. The molecule has 0 aliphatic carbocycles. The third kappa shape index (κ3) is 7.07. The molecule has 9 heteroatoms. The van der Waals surface area contributed by atoms with Gasteiger partial charge in [-0.25, -0.2) is 0 Å². The first-order chi connectivity index (χ1) is 18.3. The molecule has 0 amide bonds. The molecule has 0 bridgehead atoms. The largest absolute Gasteiger partial charge is 0.504 e. The van der Waals surface area contributed by atoms with E-state index < -0.39 is 6.10 Å². The van der Waals surface area contributed by atoms with E-state index in [9.17, 15) is 20.1 Å². The lowest BCUT2D eigenvalue weighted by molar-refractivity contribution is -0.160. The molecule has 1 fully saturated rings. The van der Waals surface area contributed by atoms with Crippen molar-refractivity contribution in [2.45, 2.75) is 57.3 Å². The first-order valence-electron chi connectivity index (χ1n) is 12.6. The van der Waals surface area contributed by atoms with Crippen molar-refractivity contribution in [2.24, 2.45) is 0 Å². The fraction of sp³-hybridized carbons (Fsp3) is 0.379. The summed E-state index contributed by atoms with van der Waals surface area (Å²) in [4.78, 5) is 15.8. The van der Waals surface area contributed by atoms with E-state index in [-0.39, 0.29) is 47.8 Å². The number of rotatable bonds is 10. The maximum absolute atomic E-state index is 11.7. The molecule has 2 aromatic carbocycles. The number of carbonyl (C=O) groups is 1. The first-order valence-corrected chi connectivity index (χ1v) is 12.6. The van der Waals surface area contributed by atoms with Crippen molar-refractivity contribution < 1.29 is 39.1 Å². The second-order valence-corrected chi connectivity index (χ2v) is 9.34. The number of pyridine rings is 1. The van der Waals surface area contributed by atoms with Crippen LogP contribution < -0.4 is 9.47 Å². The van der Waals surface area contributed by atoms with Gasteiger partial charge in [-0.15, -0.1) is 0 Å². The Morgan fingerprint density at radius 1 is 1.03 bits per heavy atom. The molecule has 0 spiro atoms. The van der Waals surface area contributed by atoms with Gasteiger partial charge in [0.2, 0.25) is 5.75 Å². The zero-order valence-electron chi connectivity index (χ0n) is 21.5. The molecule has 1 saturated heterocycles. The fourth-order valence-electron chi connectivity index (χ4n) is 4.64. The van der Waals surface area contributed by atoms with Gasteiger partial charge in [0.25, 0.3) is 0 Å². The normalized spacial score (nSPS) is 19.1. The molecular formula is C29H33NO8. The van der Waals surface area contributed by atoms with E-state index in [0.717, 1.165) is 11.1 Å². The zero-order valence-corrected chi connectivity index (χ0v) is 21.5. The molecule has 2 heterocycles. The van der Waals surface area contributed by atoms with E-state index in [2.05, 4.69) is 4.98 Å². The summed E-state index contributed by atoms with van der Waals surface area (Å²) in [5, 5.41) is 30.7. The molecule has 4 rings (SSSR count). The second-order valence-electron chi connectivity index (χ2n) is 9.34. The number of hydrogen-bond acceptors (Lipinski definition) is 9. The van der Waals surface area contributed by atoms with Gasteiger partial charge < -0.3 is 34.3 Å². The third-order valence-corrected chi connectivity index (χ3v) is 6.51. The van der Waals surface area contributed by atoms with E-state index >= 15 is 0 Å². The monoisotopic (exact) mass is 523 g/mol. The number of carbonyl (C=O) groups excluding carboxylic acids is 1. The minimum Gasteiger partial charge on any atom is -0.504 e. The van der Waals surface area contributed by atoms with E-state index in [1.165, 1.54) is 20.1 Å². The summed E-state index contributed by atoms with van der Waals surface area (Å²) < 4.78 is 22.9. The zero-order chi connectivity index (χ0) is 27.1. The fourth-order valence-corrected chi connectivity index (χ4v) is 4.64. The molecule has 1 aromatic heterocycles.